The minimum Gasteiger partial charge on any atom is -0.363 e. The predicted molar refractivity (Wildman–Crippen MR) is 90.6 cm³/mol. The van der Waals surface area contributed by atoms with Crippen LogP contribution in [-0.4, -0.2) is 28.9 Å². The maximum Gasteiger partial charge on any atom is 0.128 e. The highest BCUT2D eigenvalue weighted by Gasteiger charge is 2.11. The van der Waals surface area contributed by atoms with E-state index in [1.54, 1.807) is 0 Å². The predicted octanol–water partition coefficient (Wildman–Crippen LogP) is 3.62. The van der Waals surface area contributed by atoms with Crippen LogP contribution in [0.25, 0.3) is 16.9 Å². The summed E-state index contributed by atoms with van der Waals surface area (Å²) in [6.45, 7) is 4.10. The lowest BCUT2D eigenvalue weighted by atomic mass is 10.1. The zero-order valence-corrected chi connectivity index (χ0v) is 13.4. The van der Waals surface area contributed by atoms with Crippen molar-refractivity contribution in [3.05, 3.63) is 59.9 Å². The van der Waals surface area contributed by atoms with Gasteiger partial charge in [-0.25, -0.2) is 9.67 Å². The van der Waals surface area contributed by atoms with Crippen molar-refractivity contribution in [1.29, 1.82) is 0 Å². The van der Waals surface area contributed by atoms with Crippen molar-refractivity contribution in [3.63, 3.8) is 0 Å². The number of hydrogen-bond acceptors (Lipinski definition) is 3. The molecule has 4 nitrogen and oxygen atoms in total. The number of benzene rings is 1. The van der Waals surface area contributed by atoms with Crippen LogP contribution < -0.4 is 4.90 Å². The van der Waals surface area contributed by atoms with Gasteiger partial charge in [0.25, 0.3) is 0 Å². The lowest BCUT2D eigenvalue weighted by molar-refractivity contribution is 0.868. The van der Waals surface area contributed by atoms with E-state index < -0.39 is 0 Å². The molecule has 3 aromatic rings. The number of nitrogens with zero attached hydrogens (tertiary/aromatic N) is 4. The van der Waals surface area contributed by atoms with Crippen molar-refractivity contribution in [1.82, 2.24) is 14.8 Å². The molecular weight excluding hydrogens is 272 g/mol. The SMILES string of the molecule is Cc1ccc(-n2nc(C)cc2-c2ccnc(N(C)C)c2)cc1. The first kappa shape index (κ1) is 14.3. The molecule has 22 heavy (non-hydrogen) atoms. The van der Waals surface area contributed by atoms with Gasteiger partial charge in [-0.15, -0.1) is 0 Å². The molecule has 2 aromatic heterocycles. The van der Waals surface area contributed by atoms with Crippen molar-refractivity contribution >= 4 is 5.82 Å². The van der Waals surface area contributed by atoms with E-state index in [2.05, 4.69) is 53.4 Å². The second kappa shape index (κ2) is 5.64. The zero-order chi connectivity index (χ0) is 15.7. The fourth-order valence-corrected chi connectivity index (χ4v) is 2.41. The molecule has 2 heterocycles. The van der Waals surface area contributed by atoms with E-state index in [4.69, 9.17) is 0 Å². The van der Waals surface area contributed by atoms with Gasteiger partial charge in [-0.1, -0.05) is 17.7 Å². The van der Waals surface area contributed by atoms with Gasteiger partial charge in [-0.05, 0) is 44.2 Å². The Labute approximate surface area is 131 Å². The molecule has 0 unspecified atom stereocenters. The third-order valence-electron chi connectivity index (χ3n) is 3.61. The van der Waals surface area contributed by atoms with Crippen LogP contribution in [0.3, 0.4) is 0 Å². The summed E-state index contributed by atoms with van der Waals surface area (Å²) in [6.07, 6.45) is 1.84. The number of pyridine rings is 1. The first-order valence-electron chi connectivity index (χ1n) is 7.32. The Morgan fingerprint density at radius 3 is 2.36 bits per heavy atom. The first-order chi connectivity index (χ1) is 10.5. The average Bonchev–Trinajstić information content (AvgIpc) is 2.90. The maximum absolute atomic E-state index is 4.64. The van der Waals surface area contributed by atoms with E-state index >= 15 is 0 Å². The van der Waals surface area contributed by atoms with E-state index in [9.17, 15) is 0 Å². The minimum atomic E-state index is 0.937. The van der Waals surface area contributed by atoms with Crippen LogP contribution in [0, 0.1) is 13.8 Å². The highest BCUT2D eigenvalue weighted by molar-refractivity contribution is 5.65. The summed E-state index contributed by atoms with van der Waals surface area (Å²) >= 11 is 0. The Morgan fingerprint density at radius 2 is 1.68 bits per heavy atom. The summed E-state index contributed by atoms with van der Waals surface area (Å²) in [5.41, 5.74) is 5.50. The summed E-state index contributed by atoms with van der Waals surface area (Å²) in [5.74, 6) is 0.937. The number of hydrogen-bond donors (Lipinski definition) is 0. The van der Waals surface area contributed by atoms with Crippen molar-refractivity contribution in [2.75, 3.05) is 19.0 Å². The molecule has 0 fully saturated rings. The fourth-order valence-electron chi connectivity index (χ4n) is 2.41. The molecular formula is C18H20N4. The van der Waals surface area contributed by atoms with E-state index in [-0.39, 0.29) is 0 Å². The third kappa shape index (κ3) is 2.72. The second-order valence-corrected chi connectivity index (χ2v) is 5.72. The third-order valence-corrected chi connectivity index (χ3v) is 3.61. The Kier molecular flexibility index (Phi) is 3.67. The van der Waals surface area contributed by atoms with Gasteiger partial charge in [0.05, 0.1) is 17.1 Å². The molecule has 1 aromatic carbocycles. The van der Waals surface area contributed by atoms with Crippen LogP contribution in [0.5, 0.6) is 0 Å². The monoisotopic (exact) mass is 292 g/mol. The average molecular weight is 292 g/mol. The molecule has 0 aliphatic rings. The van der Waals surface area contributed by atoms with Gasteiger partial charge in [-0.2, -0.15) is 5.10 Å². The number of aryl methyl sites for hydroxylation is 2. The number of rotatable bonds is 3. The molecule has 4 heteroatoms. The van der Waals surface area contributed by atoms with Gasteiger partial charge < -0.3 is 4.90 Å². The lowest BCUT2D eigenvalue weighted by Crippen LogP contribution is -2.10. The summed E-state index contributed by atoms with van der Waals surface area (Å²) in [4.78, 5) is 6.38. The lowest BCUT2D eigenvalue weighted by Gasteiger charge is -2.13. The minimum absolute atomic E-state index is 0.937. The van der Waals surface area contributed by atoms with E-state index in [0.717, 1.165) is 28.5 Å². The molecule has 0 aliphatic heterocycles. The molecule has 0 spiro atoms. The topological polar surface area (TPSA) is 34.0 Å². The Hall–Kier alpha value is -2.62. The van der Waals surface area contributed by atoms with Gasteiger partial charge in [0.2, 0.25) is 0 Å². The quantitative estimate of drug-likeness (QED) is 0.739. The van der Waals surface area contributed by atoms with Crippen molar-refractivity contribution < 1.29 is 0 Å². The molecule has 0 radical (unpaired) electrons. The van der Waals surface area contributed by atoms with Crippen LogP contribution in [-0.2, 0) is 0 Å². The van der Waals surface area contributed by atoms with Gasteiger partial charge in [-0.3, -0.25) is 0 Å². The molecule has 0 aliphatic carbocycles. The number of anilines is 1. The zero-order valence-electron chi connectivity index (χ0n) is 13.4. The highest BCUT2D eigenvalue weighted by Crippen LogP contribution is 2.26. The number of aromatic nitrogens is 3. The van der Waals surface area contributed by atoms with Crippen LogP contribution in [0.2, 0.25) is 0 Å². The Bertz CT molecular complexity index is 785. The van der Waals surface area contributed by atoms with Gasteiger partial charge in [0, 0.05) is 25.9 Å². The highest BCUT2D eigenvalue weighted by atomic mass is 15.3. The summed E-state index contributed by atoms with van der Waals surface area (Å²) in [7, 11) is 3.99. The Morgan fingerprint density at radius 1 is 0.955 bits per heavy atom. The summed E-state index contributed by atoms with van der Waals surface area (Å²) < 4.78 is 1.99. The van der Waals surface area contributed by atoms with Crippen molar-refractivity contribution in [3.8, 4) is 16.9 Å². The molecule has 0 bridgehead atoms. The van der Waals surface area contributed by atoms with Crippen LogP contribution >= 0.6 is 0 Å². The molecule has 0 amide bonds. The van der Waals surface area contributed by atoms with Gasteiger partial charge in [0.15, 0.2) is 0 Å². The van der Waals surface area contributed by atoms with Gasteiger partial charge in [0.1, 0.15) is 5.82 Å². The van der Waals surface area contributed by atoms with E-state index in [1.807, 2.05) is 42.9 Å². The summed E-state index contributed by atoms with van der Waals surface area (Å²) in [5, 5.41) is 4.64. The van der Waals surface area contributed by atoms with Crippen LogP contribution in [0.4, 0.5) is 5.82 Å². The standard InChI is InChI=1S/C18H20N4/c1-13-5-7-16(8-6-13)22-17(11-14(2)20-22)15-9-10-19-18(12-15)21(3)4/h5-12H,1-4H3. The fraction of sp³-hybridized carbons (Fsp3) is 0.222. The van der Waals surface area contributed by atoms with E-state index in [0.29, 0.717) is 0 Å². The Balaban J connectivity index is 2.12. The molecule has 0 atom stereocenters. The van der Waals surface area contributed by atoms with Gasteiger partial charge >= 0.3 is 0 Å². The van der Waals surface area contributed by atoms with Crippen molar-refractivity contribution in [2.45, 2.75) is 13.8 Å². The van der Waals surface area contributed by atoms with Crippen LogP contribution in [0.1, 0.15) is 11.3 Å². The first-order valence-corrected chi connectivity index (χ1v) is 7.32. The maximum atomic E-state index is 4.64. The second-order valence-electron chi connectivity index (χ2n) is 5.72. The molecule has 3 rings (SSSR count). The smallest absolute Gasteiger partial charge is 0.128 e. The largest absolute Gasteiger partial charge is 0.363 e. The molecule has 0 saturated heterocycles. The normalized spacial score (nSPS) is 10.7. The summed E-state index contributed by atoms with van der Waals surface area (Å²) in [6, 6.07) is 14.6. The van der Waals surface area contributed by atoms with Crippen molar-refractivity contribution in [2.24, 2.45) is 0 Å². The molecule has 0 N–H and O–H groups in total. The molecule has 112 valence electrons. The molecule has 0 saturated carbocycles. The van der Waals surface area contributed by atoms with Crippen LogP contribution in [0.15, 0.2) is 48.7 Å². The van der Waals surface area contributed by atoms with E-state index in [1.165, 1.54) is 5.56 Å².